The Morgan fingerprint density at radius 3 is 2.22 bits per heavy atom. The van der Waals surface area contributed by atoms with Crippen LogP contribution in [-0.4, -0.2) is 10.1 Å². The summed E-state index contributed by atoms with van der Waals surface area (Å²) in [6, 6.07) is 9.20. The van der Waals surface area contributed by atoms with Crippen LogP contribution < -0.4 is 0 Å². The second-order valence-electron chi connectivity index (χ2n) is 3.78. The lowest BCUT2D eigenvalue weighted by Gasteiger charge is -2.08. The first-order valence-corrected chi connectivity index (χ1v) is 5.24. The number of nitrogens with zero attached hydrogens (tertiary/aromatic N) is 1. The van der Waals surface area contributed by atoms with Gasteiger partial charge in [-0.1, -0.05) is 24.3 Å². The molecule has 0 radical (unpaired) electrons. The van der Waals surface area contributed by atoms with Gasteiger partial charge in [-0.25, -0.2) is 0 Å². The van der Waals surface area contributed by atoms with Gasteiger partial charge < -0.3 is 5.11 Å². The zero-order chi connectivity index (χ0) is 13.2. The van der Waals surface area contributed by atoms with E-state index >= 15 is 0 Å². The summed E-state index contributed by atoms with van der Waals surface area (Å²) in [6.45, 7) is -0.0928. The molecule has 5 heteroatoms. The van der Waals surface area contributed by atoms with Gasteiger partial charge >= 0.3 is 6.18 Å². The SMILES string of the molecule is OCc1ccc(-c2ccnc(C(F)(F)F)c2)cc1. The average Bonchev–Trinajstić information content (AvgIpc) is 2.38. The number of pyridine rings is 1. The van der Waals surface area contributed by atoms with Crippen molar-refractivity contribution in [2.45, 2.75) is 12.8 Å². The third-order valence-electron chi connectivity index (χ3n) is 2.52. The highest BCUT2D eigenvalue weighted by Gasteiger charge is 2.32. The van der Waals surface area contributed by atoms with Crippen molar-refractivity contribution >= 4 is 0 Å². The lowest BCUT2D eigenvalue weighted by atomic mass is 10.0. The molecule has 1 aromatic heterocycles. The number of aromatic nitrogens is 1. The topological polar surface area (TPSA) is 33.1 Å². The molecule has 2 rings (SSSR count). The van der Waals surface area contributed by atoms with E-state index in [1.165, 1.54) is 6.07 Å². The summed E-state index contributed by atoms with van der Waals surface area (Å²) in [5.41, 5.74) is 0.900. The van der Waals surface area contributed by atoms with Gasteiger partial charge in [-0.15, -0.1) is 0 Å². The smallest absolute Gasteiger partial charge is 0.392 e. The minimum Gasteiger partial charge on any atom is -0.392 e. The Hall–Kier alpha value is -1.88. The molecule has 94 valence electrons. The van der Waals surface area contributed by atoms with Crippen molar-refractivity contribution in [2.24, 2.45) is 0 Å². The van der Waals surface area contributed by atoms with Crippen molar-refractivity contribution < 1.29 is 18.3 Å². The number of hydrogen-bond acceptors (Lipinski definition) is 2. The summed E-state index contributed by atoms with van der Waals surface area (Å²) in [7, 11) is 0. The normalized spacial score (nSPS) is 11.6. The summed E-state index contributed by atoms with van der Waals surface area (Å²) in [5.74, 6) is 0. The Morgan fingerprint density at radius 2 is 1.67 bits per heavy atom. The molecule has 2 aromatic rings. The van der Waals surface area contributed by atoms with Crippen LogP contribution >= 0.6 is 0 Å². The molecule has 0 saturated heterocycles. The molecule has 1 heterocycles. The van der Waals surface area contributed by atoms with Crippen LogP contribution in [0.15, 0.2) is 42.6 Å². The molecule has 0 aliphatic carbocycles. The van der Waals surface area contributed by atoms with Crippen LogP contribution in [0, 0.1) is 0 Å². The van der Waals surface area contributed by atoms with Crippen LogP contribution in [0.2, 0.25) is 0 Å². The van der Waals surface area contributed by atoms with Crippen LogP contribution in [0.25, 0.3) is 11.1 Å². The van der Waals surface area contributed by atoms with Gasteiger partial charge in [0.15, 0.2) is 0 Å². The van der Waals surface area contributed by atoms with Gasteiger partial charge in [0.05, 0.1) is 6.61 Å². The van der Waals surface area contributed by atoms with Crippen LogP contribution in [0.3, 0.4) is 0 Å². The minimum absolute atomic E-state index is 0.0928. The quantitative estimate of drug-likeness (QED) is 0.891. The summed E-state index contributed by atoms with van der Waals surface area (Å²) >= 11 is 0. The zero-order valence-electron chi connectivity index (χ0n) is 9.28. The maximum atomic E-state index is 12.5. The number of aliphatic hydroxyl groups is 1. The highest BCUT2D eigenvalue weighted by molar-refractivity contribution is 5.63. The Morgan fingerprint density at radius 1 is 1.00 bits per heavy atom. The van der Waals surface area contributed by atoms with Gasteiger partial charge in [-0.2, -0.15) is 13.2 Å². The molecule has 0 aliphatic rings. The van der Waals surface area contributed by atoms with E-state index in [0.717, 1.165) is 12.3 Å². The molecule has 0 amide bonds. The Labute approximate surface area is 102 Å². The van der Waals surface area contributed by atoms with Crippen LogP contribution in [0.5, 0.6) is 0 Å². The second kappa shape index (κ2) is 4.78. The first-order chi connectivity index (χ1) is 8.50. The lowest BCUT2D eigenvalue weighted by Crippen LogP contribution is -2.07. The molecular formula is C13H10F3NO. The maximum Gasteiger partial charge on any atom is 0.433 e. The van der Waals surface area contributed by atoms with Gasteiger partial charge in [0.25, 0.3) is 0 Å². The van der Waals surface area contributed by atoms with Crippen molar-refractivity contribution in [1.29, 1.82) is 0 Å². The lowest BCUT2D eigenvalue weighted by molar-refractivity contribution is -0.141. The summed E-state index contributed by atoms with van der Waals surface area (Å²) in [5, 5.41) is 8.89. The molecule has 0 aliphatic heterocycles. The van der Waals surface area contributed by atoms with E-state index in [-0.39, 0.29) is 6.61 Å². The summed E-state index contributed by atoms with van der Waals surface area (Å²) < 4.78 is 37.5. The number of aliphatic hydroxyl groups excluding tert-OH is 1. The average molecular weight is 253 g/mol. The van der Waals surface area contributed by atoms with E-state index < -0.39 is 11.9 Å². The first kappa shape index (κ1) is 12.6. The highest BCUT2D eigenvalue weighted by atomic mass is 19.4. The monoisotopic (exact) mass is 253 g/mol. The summed E-state index contributed by atoms with van der Waals surface area (Å²) in [6.07, 6.45) is -3.31. The number of benzene rings is 1. The van der Waals surface area contributed by atoms with Crippen LogP contribution in [0.1, 0.15) is 11.3 Å². The molecule has 0 bridgehead atoms. The van der Waals surface area contributed by atoms with Gasteiger partial charge in [0.1, 0.15) is 5.69 Å². The van der Waals surface area contributed by atoms with Crippen molar-refractivity contribution in [3.8, 4) is 11.1 Å². The van der Waals surface area contributed by atoms with Crippen molar-refractivity contribution in [3.05, 3.63) is 53.9 Å². The van der Waals surface area contributed by atoms with Gasteiger partial charge in [-0.3, -0.25) is 4.98 Å². The second-order valence-corrected chi connectivity index (χ2v) is 3.78. The fourth-order valence-electron chi connectivity index (χ4n) is 1.57. The van der Waals surface area contributed by atoms with Crippen molar-refractivity contribution in [1.82, 2.24) is 4.98 Å². The number of halogens is 3. The fourth-order valence-corrected chi connectivity index (χ4v) is 1.57. The molecular weight excluding hydrogens is 243 g/mol. The number of hydrogen-bond donors (Lipinski definition) is 1. The predicted molar refractivity (Wildman–Crippen MR) is 60.6 cm³/mol. The molecule has 0 fully saturated rings. The predicted octanol–water partition coefficient (Wildman–Crippen LogP) is 3.26. The van der Waals surface area contributed by atoms with Crippen molar-refractivity contribution in [3.63, 3.8) is 0 Å². The molecule has 0 atom stereocenters. The summed E-state index contributed by atoms with van der Waals surface area (Å²) in [4.78, 5) is 3.30. The molecule has 18 heavy (non-hydrogen) atoms. The third kappa shape index (κ3) is 2.68. The zero-order valence-corrected chi connectivity index (χ0v) is 9.28. The minimum atomic E-state index is -4.44. The van der Waals surface area contributed by atoms with Gasteiger partial charge in [0, 0.05) is 6.20 Å². The largest absolute Gasteiger partial charge is 0.433 e. The van der Waals surface area contributed by atoms with E-state index in [4.69, 9.17) is 5.11 Å². The van der Waals surface area contributed by atoms with E-state index in [2.05, 4.69) is 4.98 Å². The molecule has 0 unspecified atom stereocenters. The Bertz CT molecular complexity index is 535. The van der Waals surface area contributed by atoms with E-state index in [9.17, 15) is 13.2 Å². The van der Waals surface area contributed by atoms with Gasteiger partial charge in [-0.05, 0) is 28.8 Å². The Balaban J connectivity index is 2.38. The first-order valence-electron chi connectivity index (χ1n) is 5.24. The third-order valence-corrected chi connectivity index (χ3v) is 2.52. The number of alkyl halides is 3. The standard InChI is InChI=1S/C13H10F3NO/c14-13(15,16)12-7-11(5-6-17-12)10-3-1-9(8-18)2-4-10/h1-7,18H,8H2. The van der Waals surface area contributed by atoms with Crippen molar-refractivity contribution in [2.75, 3.05) is 0 Å². The van der Waals surface area contributed by atoms with E-state index in [1.54, 1.807) is 24.3 Å². The Kier molecular flexibility index (Phi) is 3.34. The molecule has 0 spiro atoms. The van der Waals surface area contributed by atoms with E-state index in [1.807, 2.05) is 0 Å². The van der Waals surface area contributed by atoms with Crippen LogP contribution in [0.4, 0.5) is 13.2 Å². The maximum absolute atomic E-state index is 12.5. The van der Waals surface area contributed by atoms with E-state index in [0.29, 0.717) is 16.7 Å². The molecule has 2 nitrogen and oxygen atoms in total. The molecule has 0 saturated carbocycles. The molecule has 1 aromatic carbocycles. The van der Waals surface area contributed by atoms with Crippen LogP contribution in [-0.2, 0) is 12.8 Å². The number of rotatable bonds is 2. The molecule has 1 N–H and O–H groups in total. The highest BCUT2D eigenvalue weighted by Crippen LogP contribution is 2.30. The van der Waals surface area contributed by atoms with Gasteiger partial charge in [0.2, 0.25) is 0 Å². The fraction of sp³-hybridized carbons (Fsp3) is 0.154.